The molecule has 1 amide bonds. The van der Waals surface area contributed by atoms with E-state index >= 15 is 0 Å². The van der Waals surface area contributed by atoms with Crippen LogP contribution in [0, 0.1) is 6.92 Å². The summed E-state index contributed by atoms with van der Waals surface area (Å²) >= 11 is 0. The Kier molecular flexibility index (Phi) is 5.61. The Morgan fingerprint density at radius 1 is 0.968 bits per heavy atom. The highest BCUT2D eigenvalue weighted by molar-refractivity contribution is 7.92. The maximum atomic E-state index is 12.6. The second-order valence-electron chi connectivity index (χ2n) is 7.54. The molecule has 0 saturated heterocycles. The summed E-state index contributed by atoms with van der Waals surface area (Å²) in [5, 5.41) is 6.05. The summed E-state index contributed by atoms with van der Waals surface area (Å²) in [5.74, 6) is -0.119. The van der Waals surface area contributed by atoms with Crippen molar-refractivity contribution in [3.8, 4) is 0 Å². The van der Waals surface area contributed by atoms with Crippen LogP contribution >= 0.6 is 0 Å². The number of hydrazone groups is 1. The van der Waals surface area contributed by atoms with Gasteiger partial charge in [0.1, 0.15) is 0 Å². The highest BCUT2D eigenvalue weighted by atomic mass is 32.2. The minimum absolute atomic E-state index is 0.119. The number of carbonyl (C=O) groups is 1. The van der Waals surface area contributed by atoms with Crippen LogP contribution in [-0.4, -0.2) is 25.0 Å². The number of anilines is 1. The molecule has 31 heavy (non-hydrogen) atoms. The number of rotatable bonds is 5. The van der Waals surface area contributed by atoms with Gasteiger partial charge in [-0.2, -0.15) is 5.10 Å². The number of aryl methyl sites for hydroxylation is 1. The van der Waals surface area contributed by atoms with Gasteiger partial charge in [-0.15, -0.1) is 0 Å². The largest absolute Gasteiger partial charge is 0.280 e. The lowest BCUT2D eigenvalue weighted by Gasteiger charge is -2.20. The van der Waals surface area contributed by atoms with E-state index in [1.54, 1.807) is 36.4 Å². The molecule has 0 spiro atoms. The molecule has 3 aromatic carbocycles. The van der Waals surface area contributed by atoms with Crippen LogP contribution in [-0.2, 0) is 14.8 Å². The lowest BCUT2D eigenvalue weighted by atomic mass is 9.98. The van der Waals surface area contributed by atoms with E-state index in [2.05, 4.69) is 9.82 Å². The fourth-order valence-electron chi connectivity index (χ4n) is 3.57. The Balaban J connectivity index is 1.53. The van der Waals surface area contributed by atoms with Crippen molar-refractivity contribution in [3.05, 3.63) is 95.6 Å². The summed E-state index contributed by atoms with van der Waals surface area (Å²) in [6, 6.07) is 23.4. The minimum Gasteiger partial charge on any atom is -0.280 e. The van der Waals surface area contributed by atoms with E-state index in [0.717, 1.165) is 22.4 Å². The van der Waals surface area contributed by atoms with Crippen LogP contribution < -0.4 is 4.72 Å². The molecule has 4 rings (SSSR count). The van der Waals surface area contributed by atoms with Crippen LogP contribution in [0.15, 0.2) is 88.9 Å². The predicted molar refractivity (Wildman–Crippen MR) is 121 cm³/mol. The van der Waals surface area contributed by atoms with Gasteiger partial charge in [-0.05, 0) is 42.3 Å². The average molecular weight is 434 g/mol. The highest BCUT2D eigenvalue weighted by Gasteiger charge is 2.31. The standard InChI is InChI=1S/C24H23N3O3S/c1-17-8-14-22(15-9-17)31(29,30)26-21-12-10-19(11-13-21)23-16-24(27(25-23)18(2)28)20-6-4-3-5-7-20/h3-15,24,26H,16H2,1-2H3. The van der Waals surface area contributed by atoms with Gasteiger partial charge in [0.05, 0.1) is 16.6 Å². The molecular weight excluding hydrogens is 410 g/mol. The Bertz CT molecular complexity index is 1220. The highest BCUT2D eigenvalue weighted by Crippen LogP contribution is 2.33. The number of carbonyl (C=O) groups excluding carboxylic acids is 1. The van der Waals surface area contributed by atoms with E-state index in [9.17, 15) is 13.2 Å². The number of amides is 1. The van der Waals surface area contributed by atoms with Gasteiger partial charge in [-0.1, -0.05) is 60.2 Å². The van der Waals surface area contributed by atoms with E-state index in [1.807, 2.05) is 49.4 Å². The molecule has 1 unspecified atom stereocenters. The molecule has 0 bridgehead atoms. The molecule has 6 nitrogen and oxygen atoms in total. The minimum atomic E-state index is -3.66. The van der Waals surface area contributed by atoms with Crippen molar-refractivity contribution in [2.75, 3.05) is 4.72 Å². The normalized spacial score (nSPS) is 16.1. The smallest absolute Gasteiger partial charge is 0.261 e. The lowest BCUT2D eigenvalue weighted by Crippen LogP contribution is -2.24. The van der Waals surface area contributed by atoms with Crippen molar-refractivity contribution in [3.63, 3.8) is 0 Å². The summed E-state index contributed by atoms with van der Waals surface area (Å²) in [7, 11) is -3.66. The van der Waals surface area contributed by atoms with Crippen LogP contribution in [0.1, 0.15) is 36.1 Å². The van der Waals surface area contributed by atoms with E-state index in [1.165, 1.54) is 11.9 Å². The number of benzene rings is 3. The van der Waals surface area contributed by atoms with Gasteiger partial charge in [-0.3, -0.25) is 9.52 Å². The summed E-state index contributed by atoms with van der Waals surface area (Å²) in [4.78, 5) is 12.3. The maximum Gasteiger partial charge on any atom is 0.261 e. The van der Waals surface area contributed by atoms with Crippen molar-refractivity contribution in [2.24, 2.45) is 5.10 Å². The molecule has 0 fully saturated rings. The van der Waals surface area contributed by atoms with Crippen molar-refractivity contribution in [2.45, 2.75) is 31.2 Å². The number of hydrogen-bond donors (Lipinski definition) is 1. The zero-order valence-corrected chi connectivity index (χ0v) is 18.1. The van der Waals surface area contributed by atoms with E-state index in [0.29, 0.717) is 12.1 Å². The fraction of sp³-hybridized carbons (Fsp3) is 0.167. The summed E-state index contributed by atoms with van der Waals surface area (Å²) in [6.45, 7) is 3.41. The lowest BCUT2D eigenvalue weighted by molar-refractivity contribution is -0.130. The molecule has 0 aromatic heterocycles. The van der Waals surface area contributed by atoms with Crippen LogP contribution in [0.3, 0.4) is 0 Å². The average Bonchev–Trinajstić information content (AvgIpc) is 3.21. The van der Waals surface area contributed by atoms with Gasteiger partial charge in [0.25, 0.3) is 10.0 Å². The zero-order chi connectivity index (χ0) is 22.0. The Labute approximate surface area is 182 Å². The topological polar surface area (TPSA) is 78.8 Å². The first-order valence-corrected chi connectivity index (χ1v) is 11.4. The molecule has 1 aliphatic rings. The van der Waals surface area contributed by atoms with Crippen molar-refractivity contribution in [1.29, 1.82) is 0 Å². The third-order valence-electron chi connectivity index (χ3n) is 5.22. The monoisotopic (exact) mass is 433 g/mol. The van der Waals surface area contributed by atoms with Gasteiger partial charge < -0.3 is 0 Å². The van der Waals surface area contributed by atoms with Crippen molar-refractivity contribution < 1.29 is 13.2 Å². The van der Waals surface area contributed by atoms with Crippen LogP contribution in [0.5, 0.6) is 0 Å². The van der Waals surface area contributed by atoms with E-state index in [-0.39, 0.29) is 16.8 Å². The number of nitrogens with one attached hydrogen (secondary N) is 1. The van der Waals surface area contributed by atoms with E-state index < -0.39 is 10.0 Å². The Morgan fingerprint density at radius 2 is 1.61 bits per heavy atom. The van der Waals surface area contributed by atoms with Gasteiger partial charge in [0, 0.05) is 19.0 Å². The molecule has 0 saturated carbocycles. The maximum absolute atomic E-state index is 12.6. The zero-order valence-electron chi connectivity index (χ0n) is 17.3. The molecular formula is C24H23N3O3S. The van der Waals surface area contributed by atoms with Gasteiger partial charge in [-0.25, -0.2) is 13.4 Å². The molecule has 1 heterocycles. The Morgan fingerprint density at radius 3 is 2.23 bits per heavy atom. The first-order valence-electron chi connectivity index (χ1n) is 9.96. The number of sulfonamides is 1. The van der Waals surface area contributed by atoms with Crippen molar-refractivity contribution >= 4 is 27.3 Å². The third kappa shape index (κ3) is 4.51. The van der Waals surface area contributed by atoms with E-state index in [4.69, 9.17) is 0 Å². The second-order valence-corrected chi connectivity index (χ2v) is 9.22. The molecule has 1 aliphatic heterocycles. The molecule has 0 aliphatic carbocycles. The molecule has 7 heteroatoms. The SMILES string of the molecule is CC(=O)N1N=C(c2ccc(NS(=O)(=O)c3ccc(C)cc3)cc2)CC1c1ccccc1. The van der Waals surface area contributed by atoms with Crippen LogP contribution in [0.2, 0.25) is 0 Å². The van der Waals surface area contributed by atoms with Crippen molar-refractivity contribution in [1.82, 2.24) is 5.01 Å². The summed E-state index contributed by atoms with van der Waals surface area (Å²) in [5.41, 5.74) is 4.12. The summed E-state index contributed by atoms with van der Waals surface area (Å²) in [6.07, 6.45) is 0.595. The Hall–Kier alpha value is -3.45. The van der Waals surface area contributed by atoms with Gasteiger partial charge in [0.15, 0.2) is 0 Å². The van der Waals surface area contributed by atoms with Gasteiger partial charge in [0.2, 0.25) is 5.91 Å². The number of hydrogen-bond acceptors (Lipinski definition) is 4. The van der Waals surface area contributed by atoms with Crippen LogP contribution in [0.25, 0.3) is 0 Å². The second kappa shape index (κ2) is 8.35. The molecule has 1 N–H and O–H groups in total. The molecule has 1 atom stereocenters. The first-order chi connectivity index (χ1) is 14.8. The van der Waals surface area contributed by atoms with Crippen LogP contribution in [0.4, 0.5) is 5.69 Å². The predicted octanol–water partition coefficient (Wildman–Crippen LogP) is 4.49. The molecule has 158 valence electrons. The number of nitrogens with zero attached hydrogens (tertiary/aromatic N) is 2. The molecule has 3 aromatic rings. The molecule has 0 radical (unpaired) electrons. The van der Waals surface area contributed by atoms with Gasteiger partial charge >= 0.3 is 0 Å². The fourth-order valence-corrected chi connectivity index (χ4v) is 4.63. The third-order valence-corrected chi connectivity index (χ3v) is 6.62. The quantitative estimate of drug-likeness (QED) is 0.644. The summed E-state index contributed by atoms with van der Waals surface area (Å²) < 4.78 is 27.8. The first kappa shape index (κ1) is 20.8.